The molecule has 6 N–H and O–H groups in total. The third kappa shape index (κ3) is 5.26. The van der Waals surface area contributed by atoms with Gasteiger partial charge in [-0.1, -0.05) is 52.8 Å². The Hall–Kier alpha value is -1.66. The van der Waals surface area contributed by atoms with Crippen LogP contribution in [-0.4, -0.2) is 92.4 Å². The van der Waals surface area contributed by atoms with Gasteiger partial charge >= 0.3 is 5.97 Å². The van der Waals surface area contributed by atoms with E-state index in [4.69, 9.17) is 9.47 Å². The lowest BCUT2D eigenvalue weighted by Crippen LogP contribution is -2.64. The number of carbonyl (C=O) groups excluding carboxylic acids is 2. The van der Waals surface area contributed by atoms with Crippen molar-refractivity contribution in [2.45, 2.75) is 130 Å². The first kappa shape index (κ1) is 35.6. The number of ketones is 1. The standard InChI is InChI=1S/C36H56O10/c1-20(21(2)39)9-14-36(31(44)46-30-29(43)28(42)27(41)23(18-37)45-30)16-15-34(5)22(17-36)7-8-25-32(3)12-11-26(40)33(4,19-38)24(32)10-13-35(25,34)6/h7-8,17,20,23-30,37-38,40-43H,9-16,18-19H2,1-6H3/t20?,23-,24+,25+,26-,27-,28+,29-,30+,32-,33-,34+,35+,36-/m0/s1. The van der Waals surface area contributed by atoms with Gasteiger partial charge in [0.2, 0.25) is 6.29 Å². The molecule has 1 aliphatic heterocycles. The minimum absolute atomic E-state index is 0.0242. The van der Waals surface area contributed by atoms with Crippen LogP contribution in [0.25, 0.3) is 0 Å². The van der Waals surface area contributed by atoms with Crippen LogP contribution in [-0.2, 0) is 19.1 Å². The molecule has 0 radical (unpaired) electrons. The first-order valence-electron chi connectivity index (χ1n) is 17.2. The summed E-state index contributed by atoms with van der Waals surface area (Å²) in [6.07, 6.45) is 3.35. The van der Waals surface area contributed by atoms with Gasteiger partial charge in [-0.25, -0.2) is 0 Å². The van der Waals surface area contributed by atoms with Crippen molar-refractivity contribution in [2.75, 3.05) is 13.2 Å². The summed E-state index contributed by atoms with van der Waals surface area (Å²) < 4.78 is 11.3. The molecule has 3 fully saturated rings. The maximum atomic E-state index is 14.2. The molecule has 14 atom stereocenters. The van der Waals surface area contributed by atoms with E-state index in [0.29, 0.717) is 32.1 Å². The van der Waals surface area contributed by atoms with Crippen LogP contribution in [0.4, 0.5) is 0 Å². The second-order valence-electron chi connectivity index (χ2n) is 16.3. The van der Waals surface area contributed by atoms with Gasteiger partial charge in [0.05, 0.1) is 24.7 Å². The first-order chi connectivity index (χ1) is 21.4. The van der Waals surface area contributed by atoms with Gasteiger partial charge < -0.3 is 40.1 Å². The maximum Gasteiger partial charge on any atom is 0.318 e. The van der Waals surface area contributed by atoms with Crippen molar-refractivity contribution < 1.29 is 49.7 Å². The molecule has 10 nitrogen and oxygen atoms in total. The molecule has 0 spiro atoms. The normalized spacial score (nSPS) is 49.2. The fourth-order valence-electron chi connectivity index (χ4n) is 10.3. The van der Waals surface area contributed by atoms with E-state index < -0.39 is 60.2 Å². The fraction of sp³-hybridized carbons (Fsp3) is 0.833. The number of aliphatic hydroxyl groups is 6. The lowest BCUT2D eigenvalue weighted by atomic mass is 9.36. The summed E-state index contributed by atoms with van der Waals surface area (Å²) in [4.78, 5) is 26.4. The Morgan fingerprint density at radius 1 is 0.978 bits per heavy atom. The summed E-state index contributed by atoms with van der Waals surface area (Å²) in [6, 6.07) is 0. The highest BCUT2D eigenvalue weighted by atomic mass is 16.7. The van der Waals surface area contributed by atoms with Gasteiger partial charge in [-0.3, -0.25) is 9.59 Å². The number of allylic oxidation sites excluding steroid dienone is 3. The van der Waals surface area contributed by atoms with Crippen molar-refractivity contribution >= 4 is 11.8 Å². The number of hydrogen-bond donors (Lipinski definition) is 6. The molecule has 10 heteroatoms. The van der Waals surface area contributed by atoms with Gasteiger partial charge in [-0.15, -0.1) is 0 Å². The van der Waals surface area contributed by atoms with E-state index in [2.05, 4.69) is 32.9 Å². The molecule has 0 bridgehead atoms. The van der Waals surface area contributed by atoms with Crippen LogP contribution in [0.1, 0.15) is 92.9 Å². The summed E-state index contributed by atoms with van der Waals surface area (Å²) >= 11 is 0. The molecule has 1 heterocycles. The Kier molecular flexibility index (Phi) is 9.56. The molecule has 5 rings (SSSR count). The number of rotatable bonds is 8. The van der Waals surface area contributed by atoms with Crippen molar-refractivity contribution in [1.29, 1.82) is 0 Å². The quantitative estimate of drug-likeness (QED) is 0.215. The van der Waals surface area contributed by atoms with E-state index in [0.717, 1.165) is 24.8 Å². The predicted molar refractivity (Wildman–Crippen MR) is 169 cm³/mol. The van der Waals surface area contributed by atoms with Crippen LogP contribution in [0.3, 0.4) is 0 Å². The largest absolute Gasteiger partial charge is 0.432 e. The van der Waals surface area contributed by atoms with Crippen LogP contribution in [0.15, 0.2) is 23.8 Å². The van der Waals surface area contributed by atoms with E-state index in [1.807, 2.05) is 19.9 Å². The second-order valence-corrected chi connectivity index (χ2v) is 16.3. The molecule has 0 amide bonds. The Morgan fingerprint density at radius 2 is 1.67 bits per heavy atom. The monoisotopic (exact) mass is 648 g/mol. The minimum atomic E-state index is -1.71. The van der Waals surface area contributed by atoms with Crippen molar-refractivity contribution in [3.05, 3.63) is 23.8 Å². The lowest BCUT2D eigenvalue weighted by molar-refractivity contribution is -0.295. The van der Waals surface area contributed by atoms with Gasteiger partial charge in [-0.2, -0.15) is 0 Å². The van der Waals surface area contributed by atoms with Crippen LogP contribution in [0.5, 0.6) is 0 Å². The number of ether oxygens (including phenoxy) is 2. The maximum absolute atomic E-state index is 14.2. The minimum Gasteiger partial charge on any atom is -0.432 e. The van der Waals surface area contributed by atoms with Crippen molar-refractivity contribution in [1.82, 2.24) is 0 Å². The van der Waals surface area contributed by atoms with Crippen LogP contribution in [0.2, 0.25) is 0 Å². The SMILES string of the molecule is CC(=O)C(C)CC[C@@]1(C(=O)O[C@H]2O[C@@H](CO)[C@H](O)[C@@H](O)[C@@H]2O)C=C2C=C[C@@H]3[C@@]4(C)CC[C@H](O)[C@@](C)(CO)[C@@H]4CC[C@@]3(C)[C@]2(C)CC1. The molecule has 260 valence electrons. The number of Topliss-reactive ketones (excluding diaryl/α,β-unsaturated/α-hetero) is 1. The van der Waals surface area contributed by atoms with Crippen molar-refractivity contribution in [3.8, 4) is 0 Å². The zero-order valence-corrected chi connectivity index (χ0v) is 28.3. The second kappa shape index (κ2) is 12.3. The number of fused-ring (bicyclic) bond motifs is 5. The highest BCUT2D eigenvalue weighted by Gasteiger charge is 2.66. The highest BCUT2D eigenvalue weighted by molar-refractivity contribution is 5.81. The molecule has 2 saturated carbocycles. The van der Waals surface area contributed by atoms with Gasteiger partial charge in [0, 0.05) is 11.3 Å². The van der Waals surface area contributed by atoms with Crippen LogP contribution < -0.4 is 0 Å². The van der Waals surface area contributed by atoms with Crippen LogP contribution in [0, 0.1) is 44.8 Å². The molecule has 0 aromatic heterocycles. The molecular weight excluding hydrogens is 592 g/mol. The Labute approximate surface area is 272 Å². The molecule has 5 aliphatic rings. The molecule has 1 saturated heterocycles. The van der Waals surface area contributed by atoms with Crippen LogP contribution >= 0.6 is 0 Å². The van der Waals surface area contributed by atoms with E-state index in [1.165, 1.54) is 6.92 Å². The third-order valence-corrected chi connectivity index (χ3v) is 14.1. The van der Waals surface area contributed by atoms with Crippen molar-refractivity contribution in [3.63, 3.8) is 0 Å². The Balaban J connectivity index is 1.51. The first-order valence-corrected chi connectivity index (χ1v) is 17.2. The zero-order chi connectivity index (χ0) is 34.0. The highest BCUT2D eigenvalue weighted by Crippen LogP contribution is 2.72. The van der Waals surface area contributed by atoms with E-state index >= 15 is 0 Å². The lowest BCUT2D eigenvalue weighted by Gasteiger charge is -2.68. The van der Waals surface area contributed by atoms with Gasteiger partial charge in [0.15, 0.2) is 0 Å². The Bertz CT molecular complexity index is 1250. The summed E-state index contributed by atoms with van der Waals surface area (Å²) in [7, 11) is 0. The summed E-state index contributed by atoms with van der Waals surface area (Å²) in [6.45, 7) is 11.7. The zero-order valence-electron chi connectivity index (χ0n) is 28.3. The predicted octanol–water partition coefficient (Wildman–Crippen LogP) is 2.81. The summed E-state index contributed by atoms with van der Waals surface area (Å²) in [5, 5.41) is 62.3. The molecule has 0 aromatic rings. The van der Waals surface area contributed by atoms with Gasteiger partial charge in [-0.05, 0) is 91.9 Å². The molecule has 46 heavy (non-hydrogen) atoms. The van der Waals surface area contributed by atoms with E-state index in [9.17, 15) is 40.2 Å². The third-order valence-electron chi connectivity index (χ3n) is 14.1. The smallest absolute Gasteiger partial charge is 0.318 e. The average molecular weight is 649 g/mol. The molecule has 4 aliphatic carbocycles. The summed E-state index contributed by atoms with van der Waals surface area (Å²) in [5.74, 6) is -0.528. The van der Waals surface area contributed by atoms with E-state index in [1.54, 1.807) is 0 Å². The van der Waals surface area contributed by atoms with Crippen molar-refractivity contribution in [2.24, 2.45) is 44.8 Å². The Morgan fingerprint density at radius 3 is 2.30 bits per heavy atom. The fourth-order valence-corrected chi connectivity index (χ4v) is 10.3. The molecule has 0 aromatic carbocycles. The molecular formula is C36H56O10. The average Bonchev–Trinajstić information content (AvgIpc) is 3.02. The number of hydrogen-bond acceptors (Lipinski definition) is 10. The number of esters is 1. The number of carbonyl (C=O) groups is 2. The van der Waals surface area contributed by atoms with Gasteiger partial charge in [0.1, 0.15) is 30.2 Å². The van der Waals surface area contributed by atoms with E-state index in [-0.39, 0.29) is 46.4 Å². The topological polar surface area (TPSA) is 174 Å². The number of aliphatic hydroxyl groups excluding tert-OH is 6. The summed E-state index contributed by atoms with van der Waals surface area (Å²) in [5.41, 5.74) is -1.23. The van der Waals surface area contributed by atoms with Gasteiger partial charge in [0.25, 0.3) is 0 Å². The molecule has 1 unspecified atom stereocenters.